The highest BCUT2D eigenvalue weighted by Crippen LogP contribution is 2.35. The summed E-state index contributed by atoms with van der Waals surface area (Å²) in [4.78, 5) is 12.5. The van der Waals surface area contributed by atoms with E-state index in [1.54, 1.807) is 20.3 Å². The summed E-state index contributed by atoms with van der Waals surface area (Å²) in [5, 5.41) is 3.01. The monoisotopic (exact) mass is 328 g/mol. The molecule has 1 saturated carbocycles. The van der Waals surface area contributed by atoms with Gasteiger partial charge in [-0.2, -0.15) is 0 Å². The van der Waals surface area contributed by atoms with Crippen LogP contribution in [0.4, 0.5) is 5.69 Å². The molecule has 0 spiro atoms. The van der Waals surface area contributed by atoms with Crippen LogP contribution in [0.5, 0.6) is 11.5 Å². The summed E-state index contributed by atoms with van der Waals surface area (Å²) in [5.41, 5.74) is 7.46. The highest BCUT2D eigenvalue weighted by molar-refractivity contribution is 5.94. The number of halogens is 1. The summed E-state index contributed by atoms with van der Waals surface area (Å²) in [6, 6.07) is 3.67. The van der Waals surface area contributed by atoms with E-state index in [9.17, 15) is 4.79 Å². The number of nitrogens with one attached hydrogen (secondary N) is 1. The van der Waals surface area contributed by atoms with Gasteiger partial charge in [0, 0.05) is 17.7 Å². The predicted octanol–water partition coefficient (Wildman–Crippen LogP) is 2.75. The minimum Gasteiger partial charge on any atom is -0.493 e. The number of anilines is 1. The summed E-state index contributed by atoms with van der Waals surface area (Å²) in [6.07, 6.45) is 3.03. The molecule has 1 aromatic rings. The van der Waals surface area contributed by atoms with Crippen molar-refractivity contribution in [1.82, 2.24) is 0 Å². The SMILES string of the molecule is COc1cc(C)c(NC(=O)[C@@H]2CCC[C@@H]2CN)cc1OC.Cl. The van der Waals surface area contributed by atoms with E-state index in [0.717, 1.165) is 30.5 Å². The van der Waals surface area contributed by atoms with Crippen LogP contribution in [-0.4, -0.2) is 26.7 Å². The molecule has 6 heteroatoms. The molecule has 1 amide bonds. The van der Waals surface area contributed by atoms with Gasteiger partial charge in [0.1, 0.15) is 0 Å². The summed E-state index contributed by atoms with van der Waals surface area (Å²) >= 11 is 0. The molecule has 2 atom stereocenters. The lowest BCUT2D eigenvalue weighted by molar-refractivity contribution is -0.120. The topological polar surface area (TPSA) is 73.6 Å². The maximum Gasteiger partial charge on any atom is 0.227 e. The number of methoxy groups -OCH3 is 2. The lowest BCUT2D eigenvalue weighted by atomic mass is 9.95. The first kappa shape index (κ1) is 18.6. The van der Waals surface area contributed by atoms with Crippen LogP contribution in [0.1, 0.15) is 24.8 Å². The molecule has 1 aromatic carbocycles. The molecule has 0 bridgehead atoms. The number of rotatable bonds is 5. The van der Waals surface area contributed by atoms with Gasteiger partial charge in [-0.1, -0.05) is 6.42 Å². The number of hydrogen-bond acceptors (Lipinski definition) is 4. The summed E-state index contributed by atoms with van der Waals surface area (Å²) in [6.45, 7) is 2.51. The molecule has 22 heavy (non-hydrogen) atoms. The zero-order valence-corrected chi connectivity index (χ0v) is 14.2. The highest BCUT2D eigenvalue weighted by atomic mass is 35.5. The minimum atomic E-state index is 0. The maximum atomic E-state index is 12.5. The summed E-state index contributed by atoms with van der Waals surface area (Å²) in [7, 11) is 3.18. The molecule has 5 nitrogen and oxygen atoms in total. The number of ether oxygens (including phenoxy) is 2. The Morgan fingerprint density at radius 3 is 2.50 bits per heavy atom. The number of nitrogens with two attached hydrogens (primary N) is 1. The Hall–Kier alpha value is -1.46. The smallest absolute Gasteiger partial charge is 0.227 e. The summed E-state index contributed by atoms with van der Waals surface area (Å²) in [5.74, 6) is 1.64. The Bertz CT molecular complexity index is 522. The van der Waals surface area contributed by atoms with E-state index in [2.05, 4.69) is 5.32 Å². The quantitative estimate of drug-likeness (QED) is 0.871. The van der Waals surface area contributed by atoms with E-state index in [1.807, 2.05) is 13.0 Å². The Kier molecular flexibility index (Phi) is 6.97. The van der Waals surface area contributed by atoms with E-state index in [0.29, 0.717) is 24.0 Å². The van der Waals surface area contributed by atoms with Gasteiger partial charge in [0.2, 0.25) is 5.91 Å². The average molecular weight is 329 g/mol. The minimum absolute atomic E-state index is 0. The Labute approximate surface area is 138 Å². The molecule has 0 saturated heterocycles. The molecule has 0 unspecified atom stereocenters. The van der Waals surface area contributed by atoms with Gasteiger partial charge in [0.25, 0.3) is 0 Å². The van der Waals surface area contributed by atoms with E-state index < -0.39 is 0 Å². The van der Waals surface area contributed by atoms with Crippen LogP contribution in [0.3, 0.4) is 0 Å². The second kappa shape index (κ2) is 8.25. The largest absolute Gasteiger partial charge is 0.493 e. The lowest BCUT2D eigenvalue weighted by Crippen LogP contribution is -2.30. The van der Waals surface area contributed by atoms with E-state index >= 15 is 0 Å². The molecule has 3 N–H and O–H groups in total. The third-order valence-electron chi connectivity index (χ3n) is 4.29. The van der Waals surface area contributed by atoms with Gasteiger partial charge in [-0.25, -0.2) is 0 Å². The Morgan fingerprint density at radius 1 is 1.27 bits per heavy atom. The number of amides is 1. The summed E-state index contributed by atoms with van der Waals surface area (Å²) < 4.78 is 10.5. The third-order valence-corrected chi connectivity index (χ3v) is 4.29. The zero-order chi connectivity index (χ0) is 15.4. The van der Waals surface area contributed by atoms with Crippen LogP contribution >= 0.6 is 12.4 Å². The average Bonchev–Trinajstić information content (AvgIpc) is 2.97. The van der Waals surface area contributed by atoms with Crippen molar-refractivity contribution in [3.63, 3.8) is 0 Å². The van der Waals surface area contributed by atoms with Crippen LogP contribution in [0.2, 0.25) is 0 Å². The lowest BCUT2D eigenvalue weighted by Gasteiger charge is -2.19. The molecule has 0 aliphatic heterocycles. The van der Waals surface area contributed by atoms with Gasteiger partial charge in [-0.15, -0.1) is 12.4 Å². The van der Waals surface area contributed by atoms with Crippen molar-refractivity contribution >= 4 is 24.0 Å². The molecule has 2 rings (SSSR count). The molecule has 124 valence electrons. The molecule has 0 aromatic heterocycles. The fourth-order valence-corrected chi connectivity index (χ4v) is 3.00. The van der Waals surface area contributed by atoms with Crippen molar-refractivity contribution in [2.75, 3.05) is 26.1 Å². The number of hydrogen-bond donors (Lipinski definition) is 2. The van der Waals surface area contributed by atoms with Crippen molar-refractivity contribution in [3.8, 4) is 11.5 Å². The fourth-order valence-electron chi connectivity index (χ4n) is 3.00. The molecular weight excluding hydrogens is 304 g/mol. The first-order valence-electron chi connectivity index (χ1n) is 7.34. The maximum absolute atomic E-state index is 12.5. The Balaban J connectivity index is 0.00000242. The van der Waals surface area contributed by atoms with Crippen molar-refractivity contribution < 1.29 is 14.3 Å². The molecule has 0 heterocycles. The second-order valence-corrected chi connectivity index (χ2v) is 5.54. The first-order valence-corrected chi connectivity index (χ1v) is 7.34. The van der Waals surface area contributed by atoms with Gasteiger partial charge in [-0.3, -0.25) is 4.79 Å². The standard InChI is InChI=1S/C16H24N2O3.ClH/c1-10-7-14(20-2)15(21-3)8-13(10)18-16(19)12-6-4-5-11(12)9-17;/h7-8,11-12H,4-6,9,17H2,1-3H3,(H,18,19);1H/t11-,12-;/m1./s1. The number of carbonyl (C=O) groups is 1. The van der Waals surface area contributed by atoms with Crippen molar-refractivity contribution in [1.29, 1.82) is 0 Å². The fraction of sp³-hybridized carbons (Fsp3) is 0.562. The van der Waals surface area contributed by atoms with Gasteiger partial charge >= 0.3 is 0 Å². The third kappa shape index (κ3) is 3.84. The van der Waals surface area contributed by atoms with Crippen molar-refractivity contribution in [2.45, 2.75) is 26.2 Å². The van der Waals surface area contributed by atoms with Crippen LogP contribution in [0, 0.1) is 18.8 Å². The van der Waals surface area contributed by atoms with Gasteiger partial charge in [-0.05, 0) is 43.9 Å². The van der Waals surface area contributed by atoms with Gasteiger partial charge < -0.3 is 20.5 Å². The van der Waals surface area contributed by atoms with E-state index in [4.69, 9.17) is 15.2 Å². The van der Waals surface area contributed by atoms with Gasteiger partial charge in [0.05, 0.1) is 14.2 Å². The first-order chi connectivity index (χ1) is 10.1. The zero-order valence-electron chi connectivity index (χ0n) is 13.3. The Morgan fingerprint density at radius 2 is 1.91 bits per heavy atom. The van der Waals surface area contributed by atoms with Crippen molar-refractivity contribution in [2.24, 2.45) is 17.6 Å². The normalized spacial score (nSPS) is 20.2. The molecule has 1 fully saturated rings. The molecular formula is C16H25ClN2O3. The van der Waals surface area contributed by atoms with E-state index in [-0.39, 0.29) is 24.2 Å². The molecule has 0 radical (unpaired) electrons. The number of aryl methyl sites for hydroxylation is 1. The number of benzene rings is 1. The predicted molar refractivity (Wildman–Crippen MR) is 90.0 cm³/mol. The van der Waals surface area contributed by atoms with Gasteiger partial charge in [0.15, 0.2) is 11.5 Å². The van der Waals surface area contributed by atoms with Crippen LogP contribution < -0.4 is 20.5 Å². The highest BCUT2D eigenvalue weighted by Gasteiger charge is 2.32. The van der Waals surface area contributed by atoms with Crippen LogP contribution in [-0.2, 0) is 4.79 Å². The van der Waals surface area contributed by atoms with Crippen molar-refractivity contribution in [3.05, 3.63) is 17.7 Å². The molecule has 1 aliphatic rings. The molecule has 1 aliphatic carbocycles. The van der Waals surface area contributed by atoms with E-state index in [1.165, 1.54) is 0 Å². The van der Waals surface area contributed by atoms with Crippen LogP contribution in [0.15, 0.2) is 12.1 Å². The van der Waals surface area contributed by atoms with Crippen LogP contribution in [0.25, 0.3) is 0 Å². The number of carbonyl (C=O) groups excluding carboxylic acids is 1. The second-order valence-electron chi connectivity index (χ2n) is 5.54.